The van der Waals surface area contributed by atoms with Gasteiger partial charge in [-0.05, 0) is 42.2 Å². The first kappa shape index (κ1) is 21.9. The molecule has 1 aliphatic rings. The van der Waals surface area contributed by atoms with Gasteiger partial charge < -0.3 is 5.32 Å². The van der Waals surface area contributed by atoms with Gasteiger partial charge in [0.25, 0.3) is 23.4 Å². The van der Waals surface area contributed by atoms with Gasteiger partial charge in [0.15, 0.2) is 0 Å². The summed E-state index contributed by atoms with van der Waals surface area (Å²) < 4.78 is 0. The molecule has 0 aliphatic carbocycles. The molecule has 0 saturated carbocycles. The molecule has 8 heteroatoms. The molecule has 3 aromatic carbocycles. The van der Waals surface area contributed by atoms with Gasteiger partial charge in [-0.15, -0.1) is 0 Å². The van der Waals surface area contributed by atoms with Crippen LogP contribution in [-0.2, 0) is 12.8 Å². The van der Waals surface area contributed by atoms with E-state index in [1.54, 1.807) is 12.1 Å². The molecule has 4 rings (SSSR count). The van der Waals surface area contributed by atoms with Crippen LogP contribution in [0.5, 0.6) is 0 Å². The lowest BCUT2D eigenvalue weighted by Gasteiger charge is -2.19. The monoisotopic (exact) mass is 443 g/mol. The van der Waals surface area contributed by atoms with Crippen molar-refractivity contribution in [2.24, 2.45) is 0 Å². The minimum atomic E-state index is -0.828. The van der Waals surface area contributed by atoms with Gasteiger partial charge in [-0.1, -0.05) is 50.2 Å². The Labute approximate surface area is 190 Å². The molecule has 0 atom stereocenters. The van der Waals surface area contributed by atoms with Crippen LogP contribution in [0, 0.1) is 10.1 Å². The Balaban J connectivity index is 1.76. The molecule has 33 heavy (non-hydrogen) atoms. The highest BCUT2D eigenvalue weighted by atomic mass is 16.6. The molecule has 3 aromatic rings. The number of nitro benzene ring substituents is 1. The minimum absolute atomic E-state index is 0.0611. The quantitative estimate of drug-likeness (QED) is 0.335. The number of aryl methyl sites for hydroxylation is 2. The minimum Gasteiger partial charge on any atom is -0.321 e. The average molecular weight is 443 g/mol. The van der Waals surface area contributed by atoms with Gasteiger partial charge in [0, 0.05) is 11.8 Å². The fourth-order valence-corrected chi connectivity index (χ4v) is 4.08. The summed E-state index contributed by atoms with van der Waals surface area (Å²) in [6.07, 6.45) is 1.43. The van der Waals surface area contributed by atoms with Crippen molar-refractivity contribution in [2.45, 2.75) is 26.7 Å². The summed E-state index contributed by atoms with van der Waals surface area (Å²) in [4.78, 5) is 51.1. The Morgan fingerprint density at radius 2 is 1.55 bits per heavy atom. The molecule has 0 aromatic heterocycles. The van der Waals surface area contributed by atoms with Crippen molar-refractivity contribution >= 4 is 34.8 Å². The third-order valence-corrected chi connectivity index (χ3v) is 5.72. The van der Waals surface area contributed by atoms with Crippen LogP contribution >= 0.6 is 0 Å². The standard InChI is InChI=1S/C25H21N3O5/c1-3-15-9-7-10-16(4-2)22(15)26-23(29)17-11-5-6-13-19(17)27-24(30)18-12-8-14-20(28(32)33)21(18)25(27)31/h5-14H,3-4H2,1-2H3,(H,26,29). The van der Waals surface area contributed by atoms with Gasteiger partial charge in [-0.3, -0.25) is 24.5 Å². The molecule has 0 radical (unpaired) electrons. The van der Waals surface area contributed by atoms with Crippen LogP contribution in [0.15, 0.2) is 60.7 Å². The largest absolute Gasteiger partial charge is 0.321 e. The van der Waals surface area contributed by atoms with Crippen molar-refractivity contribution in [3.8, 4) is 0 Å². The van der Waals surface area contributed by atoms with Crippen LogP contribution in [0.1, 0.15) is 56.0 Å². The highest BCUT2D eigenvalue weighted by Gasteiger charge is 2.43. The number of anilines is 2. The topological polar surface area (TPSA) is 110 Å². The number of imide groups is 1. The first-order chi connectivity index (χ1) is 15.9. The van der Waals surface area contributed by atoms with Crippen LogP contribution in [-0.4, -0.2) is 22.6 Å². The molecule has 1 heterocycles. The van der Waals surface area contributed by atoms with E-state index in [0.29, 0.717) is 18.5 Å². The zero-order chi connectivity index (χ0) is 23.7. The highest BCUT2D eigenvalue weighted by Crippen LogP contribution is 2.35. The van der Waals surface area contributed by atoms with E-state index in [2.05, 4.69) is 5.32 Å². The van der Waals surface area contributed by atoms with Crippen LogP contribution in [0.3, 0.4) is 0 Å². The number of carbonyl (C=O) groups is 3. The molecule has 3 amide bonds. The SMILES string of the molecule is CCc1cccc(CC)c1NC(=O)c1ccccc1N1C(=O)c2cccc([N+](=O)[O-])c2C1=O. The smallest absolute Gasteiger partial charge is 0.283 e. The molecule has 1 aliphatic heterocycles. The molecule has 8 nitrogen and oxygen atoms in total. The number of fused-ring (bicyclic) bond motifs is 1. The summed E-state index contributed by atoms with van der Waals surface area (Å²) >= 11 is 0. The van der Waals surface area contributed by atoms with Gasteiger partial charge in [0.2, 0.25) is 0 Å². The third-order valence-electron chi connectivity index (χ3n) is 5.72. The van der Waals surface area contributed by atoms with Crippen LogP contribution in [0.2, 0.25) is 0 Å². The Hall–Kier alpha value is -4.33. The normalized spacial score (nSPS) is 12.6. The van der Waals surface area contributed by atoms with Crippen molar-refractivity contribution in [3.63, 3.8) is 0 Å². The van der Waals surface area contributed by atoms with Gasteiger partial charge in [0.1, 0.15) is 5.56 Å². The molecule has 0 spiro atoms. The van der Waals surface area contributed by atoms with Crippen molar-refractivity contribution in [1.82, 2.24) is 0 Å². The molecular weight excluding hydrogens is 422 g/mol. The van der Waals surface area contributed by atoms with Crippen molar-refractivity contribution in [1.29, 1.82) is 0 Å². The number of amides is 3. The van der Waals surface area contributed by atoms with Gasteiger partial charge >= 0.3 is 0 Å². The van der Waals surface area contributed by atoms with Gasteiger partial charge in [0.05, 0.1) is 21.7 Å². The summed E-state index contributed by atoms with van der Waals surface area (Å²) in [6, 6.07) is 15.9. The number of benzene rings is 3. The summed E-state index contributed by atoms with van der Waals surface area (Å²) in [7, 11) is 0. The van der Waals surface area contributed by atoms with E-state index in [1.165, 1.54) is 30.3 Å². The van der Waals surface area contributed by atoms with E-state index >= 15 is 0 Å². The summed E-state index contributed by atoms with van der Waals surface area (Å²) in [6.45, 7) is 3.98. The van der Waals surface area contributed by atoms with Crippen molar-refractivity contribution in [2.75, 3.05) is 10.2 Å². The Bertz CT molecular complexity index is 1290. The number of hydrogen-bond acceptors (Lipinski definition) is 5. The predicted octanol–water partition coefficient (Wildman–Crippen LogP) is 4.77. The van der Waals surface area contributed by atoms with Crippen LogP contribution in [0.25, 0.3) is 0 Å². The van der Waals surface area contributed by atoms with Crippen LogP contribution in [0.4, 0.5) is 17.1 Å². The van der Waals surface area contributed by atoms with E-state index in [1.807, 2.05) is 32.0 Å². The highest BCUT2D eigenvalue weighted by molar-refractivity contribution is 6.36. The number of rotatable bonds is 6. The maximum atomic E-state index is 13.3. The Kier molecular flexibility index (Phi) is 5.74. The number of nitro groups is 1. The number of carbonyl (C=O) groups excluding carboxylic acids is 3. The maximum absolute atomic E-state index is 13.3. The Morgan fingerprint density at radius 1 is 0.909 bits per heavy atom. The molecule has 1 N–H and O–H groups in total. The molecule has 166 valence electrons. The number of nitrogens with one attached hydrogen (secondary N) is 1. The third kappa shape index (κ3) is 3.65. The van der Waals surface area contributed by atoms with E-state index < -0.39 is 28.3 Å². The second kappa shape index (κ2) is 8.66. The van der Waals surface area contributed by atoms with E-state index in [0.717, 1.165) is 16.0 Å². The van der Waals surface area contributed by atoms with Gasteiger partial charge in [-0.25, -0.2) is 4.90 Å². The fraction of sp³-hybridized carbons (Fsp3) is 0.160. The number of hydrogen-bond donors (Lipinski definition) is 1. The molecule has 0 saturated heterocycles. The molecular formula is C25H21N3O5. The molecule has 0 unspecified atom stereocenters. The number of nitrogens with zero attached hydrogens (tertiary/aromatic N) is 2. The fourth-order valence-electron chi connectivity index (χ4n) is 4.08. The lowest BCUT2D eigenvalue weighted by atomic mass is 10.0. The predicted molar refractivity (Wildman–Crippen MR) is 124 cm³/mol. The first-order valence-electron chi connectivity index (χ1n) is 10.6. The Morgan fingerprint density at radius 3 is 2.18 bits per heavy atom. The number of para-hydroxylation sites is 2. The summed E-state index contributed by atoms with van der Waals surface area (Å²) in [5.74, 6) is -2.01. The van der Waals surface area contributed by atoms with E-state index in [9.17, 15) is 24.5 Å². The van der Waals surface area contributed by atoms with Crippen molar-refractivity contribution < 1.29 is 19.3 Å². The average Bonchev–Trinajstić information content (AvgIpc) is 3.08. The lowest BCUT2D eigenvalue weighted by Crippen LogP contribution is -2.31. The van der Waals surface area contributed by atoms with E-state index in [4.69, 9.17) is 0 Å². The molecule has 0 fully saturated rings. The van der Waals surface area contributed by atoms with Gasteiger partial charge in [-0.2, -0.15) is 0 Å². The summed E-state index contributed by atoms with van der Waals surface area (Å²) in [5, 5.41) is 14.4. The second-order valence-corrected chi connectivity index (χ2v) is 7.53. The van der Waals surface area contributed by atoms with E-state index in [-0.39, 0.29) is 22.4 Å². The van der Waals surface area contributed by atoms with Crippen LogP contribution < -0.4 is 10.2 Å². The maximum Gasteiger partial charge on any atom is 0.283 e. The molecule has 0 bridgehead atoms. The summed E-state index contributed by atoms with van der Waals surface area (Å²) in [5.41, 5.74) is 2.06. The zero-order valence-corrected chi connectivity index (χ0v) is 18.1. The van der Waals surface area contributed by atoms with Crippen molar-refractivity contribution in [3.05, 3.63) is 98.6 Å². The lowest BCUT2D eigenvalue weighted by molar-refractivity contribution is -0.385. The zero-order valence-electron chi connectivity index (χ0n) is 18.1. The first-order valence-corrected chi connectivity index (χ1v) is 10.6. The second-order valence-electron chi connectivity index (χ2n) is 7.53.